The summed E-state index contributed by atoms with van der Waals surface area (Å²) in [7, 11) is 0. The number of hydrogen-bond donors (Lipinski definition) is 0. The molecule has 1 amide bonds. The molecule has 0 spiro atoms. The van der Waals surface area contributed by atoms with Crippen molar-refractivity contribution < 1.29 is 13.9 Å². The van der Waals surface area contributed by atoms with Crippen molar-refractivity contribution in [3.63, 3.8) is 0 Å². The van der Waals surface area contributed by atoms with E-state index in [0.29, 0.717) is 11.5 Å². The molecule has 0 N–H and O–H groups in total. The zero-order chi connectivity index (χ0) is 17.9. The fraction of sp³-hybridized carbons (Fsp3) is 0.650. The Hall–Kier alpha value is -1.46. The van der Waals surface area contributed by atoms with Crippen LogP contribution >= 0.6 is 0 Å². The summed E-state index contributed by atoms with van der Waals surface area (Å²) < 4.78 is 19.6. The van der Waals surface area contributed by atoms with Crippen LogP contribution in [-0.2, 0) is 14.9 Å². The molecule has 1 atom stereocenters. The lowest BCUT2D eigenvalue weighted by atomic mass is 9.82. The van der Waals surface area contributed by atoms with E-state index in [2.05, 4.69) is 4.90 Å². The van der Waals surface area contributed by atoms with Gasteiger partial charge in [-0.2, -0.15) is 0 Å². The fourth-order valence-electron chi connectivity index (χ4n) is 4.03. The number of piperidine rings is 1. The Kier molecular flexibility index (Phi) is 5.74. The maximum Gasteiger partial charge on any atom is 0.232 e. The van der Waals surface area contributed by atoms with Gasteiger partial charge < -0.3 is 9.64 Å². The average molecular weight is 348 g/mol. The molecule has 0 unspecified atom stereocenters. The van der Waals surface area contributed by atoms with Crippen molar-refractivity contribution in [1.82, 2.24) is 9.80 Å². The second kappa shape index (κ2) is 7.83. The van der Waals surface area contributed by atoms with E-state index in [-0.39, 0.29) is 11.7 Å². The normalized spacial score (nSPS) is 22.8. The molecule has 2 saturated heterocycles. The molecule has 2 aliphatic rings. The van der Waals surface area contributed by atoms with Crippen molar-refractivity contribution in [2.24, 2.45) is 5.92 Å². The molecular weight excluding hydrogens is 319 g/mol. The highest BCUT2D eigenvalue weighted by atomic mass is 19.1. The quantitative estimate of drug-likeness (QED) is 0.839. The minimum absolute atomic E-state index is 0.0317. The fourth-order valence-corrected chi connectivity index (χ4v) is 4.03. The van der Waals surface area contributed by atoms with Gasteiger partial charge in [-0.25, -0.2) is 4.39 Å². The molecular formula is C20H29FN2O2. The zero-order valence-electron chi connectivity index (χ0n) is 15.3. The van der Waals surface area contributed by atoms with Gasteiger partial charge in [-0.15, -0.1) is 0 Å². The molecule has 4 nitrogen and oxygen atoms in total. The van der Waals surface area contributed by atoms with Crippen LogP contribution in [-0.4, -0.2) is 61.6 Å². The van der Waals surface area contributed by atoms with Crippen molar-refractivity contribution in [2.45, 2.75) is 32.1 Å². The van der Waals surface area contributed by atoms with E-state index in [1.165, 1.54) is 6.07 Å². The van der Waals surface area contributed by atoms with Gasteiger partial charge in [0, 0.05) is 38.3 Å². The highest BCUT2D eigenvalue weighted by Gasteiger charge is 2.37. The van der Waals surface area contributed by atoms with Gasteiger partial charge in [0.1, 0.15) is 5.82 Å². The number of likely N-dealkylation sites (tertiary alicyclic amines) is 1. The highest BCUT2D eigenvalue weighted by molar-refractivity contribution is 5.87. The molecule has 0 bridgehead atoms. The number of halogens is 1. The van der Waals surface area contributed by atoms with Crippen LogP contribution in [0.25, 0.3) is 0 Å². The lowest BCUT2D eigenvalue weighted by molar-refractivity contribution is -0.138. The molecule has 0 aromatic heterocycles. The van der Waals surface area contributed by atoms with E-state index in [9.17, 15) is 9.18 Å². The van der Waals surface area contributed by atoms with Crippen LogP contribution in [0.1, 0.15) is 32.3 Å². The van der Waals surface area contributed by atoms with Gasteiger partial charge in [-0.1, -0.05) is 18.2 Å². The van der Waals surface area contributed by atoms with Crippen LogP contribution in [0.2, 0.25) is 0 Å². The number of nitrogens with zero attached hydrogens (tertiary/aromatic N) is 2. The summed E-state index contributed by atoms with van der Waals surface area (Å²) in [4.78, 5) is 17.5. The number of rotatable bonds is 4. The zero-order valence-corrected chi connectivity index (χ0v) is 15.3. The molecule has 3 rings (SSSR count). The molecule has 5 heteroatoms. The smallest absolute Gasteiger partial charge is 0.232 e. The number of ether oxygens (including phenoxy) is 1. The van der Waals surface area contributed by atoms with Crippen molar-refractivity contribution in [1.29, 1.82) is 0 Å². The Bertz CT molecular complexity index is 599. The Labute approximate surface area is 149 Å². The standard InChI is InChI=1S/C20H29FN2O2/c1-20(2,17-7-3-4-8-18(17)21)19(24)23-9-5-6-16(15-23)14-22-10-12-25-13-11-22/h3-4,7-8,16H,5-6,9-15H2,1-2H3/t16-/m0/s1. The molecule has 138 valence electrons. The number of morpholine rings is 1. The topological polar surface area (TPSA) is 32.8 Å². The van der Waals surface area contributed by atoms with Crippen molar-refractivity contribution >= 4 is 5.91 Å². The van der Waals surface area contributed by atoms with Gasteiger partial charge >= 0.3 is 0 Å². The summed E-state index contributed by atoms with van der Waals surface area (Å²) in [5.74, 6) is 0.222. The Balaban J connectivity index is 1.65. The first-order chi connectivity index (χ1) is 12.0. The second-order valence-corrected chi connectivity index (χ2v) is 7.78. The number of carbonyl (C=O) groups is 1. The van der Waals surface area contributed by atoms with E-state index in [4.69, 9.17) is 4.74 Å². The molecule has 2 fully saturated rings. The van der Waals surface area contributed by atoms with Crippen molar-refractivity contribution in [2.75, 3.05) is 45.9 Å². The summed E-state index contributed by atoms with van der Waals surface area (Å²) in [5, 5.41) is 0. The first kappa shape index (κ1) is 18.3. The number of carbonyl (C=O) groups excluding carboxylic acids is 1. The van der Waals surface area contributed by atoms with Crippen LogP contribution in [0, 0.1) is 11.7 Å². The third kappa shape index (κ3) is 4.21. The largest absolute Gasteiger partial charge is 0.379 e. The molecule has 2 aliphatic heterocycles. The van der Waals surface area contributed by atoms with Crippen LogP contribution < -0.4 is 0 Å². The number of amides is 1. The predicted octanol–water partition coefficient (Wildman–Crippen LogP) is 2.67. The summed E-state index contributed by atoms with van der Waals surface area (Å²) in [5.41, 5.74) is -0.359. The molecule has 1 aromatic rings. The van der Waals surface area contributed by atoms with E-state index in [1.807, 2.05) is 18.7 Å². The highest BCUT2D eigenvalue weighted by Crippen LogP contribution is 2.30. The van der Waals surface area contributed by atoms with Crippen LogP contribution in [0.15, 0.2) is 24.3 Å². The Morgan fingerprint density at radius 2 is 1.96 bits per heavy atom. The molecule has 0 aliphatic carbocycles. The van der Waals surface area contributed by atoms with Crippen molar-refractivity contribution in [3.05, 3.63) is 35.6 Å². The van der Waals surface area contributed by atoms with Gasteiger partial charge in [0.2, 0.25) is 5.91 Å². The molecule has 1 aromatic carbocycles. The SMILES string of the molecule is CC(C)(C(=O)N1CCC[C@@H](CN2CCOCC2)C1)c1ccccc1F. The predicted molar refractivity (Wildman–Crippen MR) is 96.0 cm³/mol. The summed E-state index contributed by atoms with van der Waals surface area (Å²) >= 11 is 0. The molecule has 0 saturated carbocycles. The van der Waals surface area contributed by atoms with Crippen LogP contribution in [0.4, 0.5) is 4.39 Å². The lowest BCUT2D eigenvalue weighted by Crippen LogP contribution is -2.50. The lowest BCUT2D eigenvalue weighted by Gasteiger charge is -2.40. The molecule has 0 radical (unpaired) electrons. The third-order valence-corrected chi connectivity index (χ3v) is 5.51. The minimum atomic E-state index is -0.841. The van der Waals surface area contributed by atoms with Gasteiger partial charge in [0.25, 0.3) is 0 Å². The second-order valence-electron chi connectivity index (χ2n) is 7.78. The Morgan fingerprint density at radius 3 is 2.68 bits per heavy atom. The van der Waals surface area contributed by atoms with Gasteiger partial charge in [-0.3, -0.25) is 9.69 Å². The van der Waals surface area contributed by atoms with Gasteiger partial charge in [0.15, 0.2) is 0 Å². The average Bonchev–Trinajstić information content (AvgIpc) is 2.62. The monoisotopic (exact) mass is 348 g/mol. The van der Waals surface area contributed by atoms with E-state index in [0.717, 1.165) is 58.8 Å². The Morgan fingerprint density at radius 1 is 1.24 bits per heavy atom. The molecule has 2 heterocycles. The summed E-state index contributed by atoms with van der Waals surface area (Å²) in [6.07, 6.45) is 2.18. The maximum atomic E-state index is 14.2. The first-order valence-corrected chi connectivity index (χ1v) is 9.33. The number of hydrogen-bond acceptors (Lipinski definition) is 3. The number of benzene rings is 1. The maximum absolute atomic E-state index is 14.2. The summed E-state index contributed by atoms with van der Waals surface area (Å²) in [6, 6.07) is 6.62. The van der Waals surface area contributed by atoms with Gasteiger partial charge in [-0.05, 0) is 38.7 Å². The third-order valence-electron chi connectivity index (χ3n) is 5.51. The van der Waals surface area contributed by atoms with Crippen molar-refractivity contribution in [3.8, 4) is 0 Å². The minimum Gasteiger partial charge on any atom is -0.379 e. The van der Waals surface area contributed by atoms with E-state index >= 15 is 0 Å². The molecule has 25 heavy (non-hydrogen) atoms. The first-order valence-electron chi connectivity index (χ1n) is 9.33. The van der Waals surface area contributed by atoms with Gasteiger partial charge in [0.05, 0.1) is 18.6 Å². The van der Waals surface area contributed by atoms with E-state index < -0.39 is 5.41 Å². The van der Waals surface area contributed by atoms with E-state index in [1.54, 1.807) is 18.2 Å². The van der Waals surface area contributed by atoms with Crippen LogP contribution in [0.3, 0.4) is 0 Å². The summed E-state index contributed by atoms with van der Waals surface area (Å²) in [6.45, 7) is 9.79. The van der Waals surface area contributed by atoms with Crippen LogP contribution in [0.5, 0.6) is 0 Å².